The minimum Gasteiger partial charge on any atom is -0.194 e. The van der Waals surface area contributed by atoms with Crippen LogP contribution in [0.25, 0.3) is 0 Å². The van der Waals surface area contributed by atoms with Crippen molar-refractivity contribution in [1.29, 1.82) is 0 Å². The largest absolute Gasteiger partial charge is 0.460 e. The van der Waals surface area contributed by atoms with Crippen LogP contribution in [0.5, 0.6) is 0 Å². The molecule has 0 amide bonds. The molecular formula is C32H37F17. The molecule has 0 radical (unpaired) electrons. The normalized spacial score (nSPS) is 24.3. The van der Waals surface area contributed by atoms with Gasteiger partial charge < -0.3 is 0 Å². The van der Waals surface area contributed by atoms with Crippen molar-refractivity contribution >= 4 is 0 Å². The smallest absolute Gasteiger partial charge is 0.194 e. The van der Waals surface area contributed by atoms with E-state index < -0.39 is 53.2 Å². The molecule has 0 nitrogen and oxygen atoms in total. The molecule has 2 saturated carbocycles. The van der Waals surface area contributed by atoms with E-state index >= 15 is 0 Å². The number of benzene rings is 1. The van der Waals surface area contributed by atoms with Crippen molar-refractivity contribution in [1.82, 2.24) is 0 Å². The standard InChI is InChI=1S/C32H37F17/c1-2-3-4-19-7-13-22(14-8-19)23-15-9-20(10-16-23)5-6-21-11-17-24(18-12-21)25(33,34)26(35,36)27(37,38)28(39,40)29(41,42)30(43,44)31(45,46)32(47,48)49/h11-12,17-20,22-23H,2-10,13-16H2,1H3/t19-,20?,22-,23?. The molecule has 1 aromatic rings. The molecule has 2 aliphatic rings. The highest BCUT2D eigenvalue weighted by Gasteiger charge is 2.95. The van der Waals surface area contributed by atoms with Gasteiger partial charge in [0.2, 0.25) is 0 Å². The molecule has 2 fully saturated rings. The van der Waals surface area contributed by atoms with Gasteiger partial charge in [0.25, 0.3) is 0 Å². The van der Waals surface area contributed by atoms with Gasteiger partial charge in [-0.1, -0.05) is 76.1 Å². The lowest BCUT2D eigenvalue weighted by molar-refractivity contribution is -0.462. The molecule has 0 N–H and O–H groups in total. The van der Waals surface area contributed by atoms with Gasteiger partial charge in [-0.25, -0.2) is 0 Å². The van der Waals surface area contributed by atoms with E-state index in [1.54, 1.807) is 0 Å². The number of rotatable bonds is 14. The third-order valence-electron chi connectivity index (χ3n) is 10.3. The van der Waals surface area contributed by atoms with Crippen molar-refractivity contribution in [2.75, 3.05) is 0 Å². The lowest BCUT2D eigenvalue weighted by Gasteiger charge is -2.42. The molecule has 0 heterocycles. The first kappa shape index (κ1) is 41.5. The fourth-order valence-electron chi connectivity index (χ4n) is 6.99. The van der Waals surface area contributed by atoms with Gasteiger partial charge in [0.05, 0.1) is 0 Å². The minimum absolute atomic E-state index is 0.0791. The summed E-state index contributed by atoms with van der Waals surface area (Å²) in [5, 5.41) is 0. The van der Waals surface area contributed by atoms with E-state index in [0.717, 1.165) is 43.7 Å². The predicted octanol–water partition coefficient (Wildman–Crippen LogP) is 12.9. The Morgan fingerprint density at radius 2 is 0.837 bits per heavy atom. The predicted molar refractivity (Wildman–Crippen MR) is 145 cm³/mol. The summed E-state index contributed by atoms with van der Waals surface area (Å²) in [7, 11) is 0. The molecule has 2 aliphatic carbocycles. The van der Waals surface area contributed by atoms with Crippen LogP contribution in [0.15, 0.2) is 24.3 Å². The maximum Gasteiger partial charge on any atom is 0.460 e. The molecule has 0 unspecified atom stereocenters. The minimum atomic E-state index is -8.63. The number of alkyl halides is 17. The molecule has 0 saturated heterocycles. The second-order valence-corrected chi connectivity index (χ2v) is 13.5. The molecule has 0 aliphatic heterocycles. The fourth-order valence-corrected chi connectivity index (χ4v) is 6.99. The number of hydrogen-bond acceptors (Lipinski definition) is 0. The molecule has 0 atom stereocenters. The Hall–Kier alpha value is -1.97. The molecule has 3 rings (SSSR count). The summed E-state index contributed by atoms with van der Waals surface area (Å²) in [5.74, 6) is -54.2. The molecule has 1 aromatic carbocycles. The van der Waals surface area contributed by atoms with Gasteiger partial charge in [-0.15, -0.1) is 0 Å². The zero-order valence-electron chi connectivity index (χ0n) is 26.2. The second-order valence-electron chi connectivity index (χ2n) is 13.5. The number of halogens is 17. The second kappa shape index (κ2) is 14.2. The van der Waals surface area contributed by atoms with Gasteiger partial charge in [0.1, 0.15) is 0 Å². The van der Waals surface area contributed by atoms with Crippen LogP contribution in [0.3, 0.4) is 0 Å². The molecule has 17 heteroatoms. The summed E-state index contributed by atoms with van der Waals surface area (Å²) in [6.45, 7) is 2.16. The van der Waals surface area contributed by atoms with Crippen LogP contribution in [0.4, 0.5) is 74.6 Å². The number of aryl methyl sites for hydroxylation is 1. The van der Waals surface area contributed by atoms with Crippen LogP contribution in [0, 0.1) is 23.7 Å². The SMILES string of the molecule is CCCC[C@H]1CC[C@H](C2CCC(CCc3ccc(C(F)(F)C(F)(F)C(F)(F)C(F)(F)C(F)(F)C(F)(F)C(F)(F)C(F)(F)F)cc3)CC2)CC1. The van der Waals surface area contributed by atoms with Crippen LogP contribution in [0.1, 0.15) is 95.1 Å². The Balaban J connectivity index is 1.66. The van der Waals surface area contributed by atoms with Crippen LogP contribution in [0.2, 0.25) is 0 Å². The Morgan fingerprint density at radius 1 is 0.469 bits per heavy atom. The van der Waals surface area contributed by atoms with Crippen molar-refractivity contribution in [3.8, 4) is 0 Å². The van der Waals surface area contributed by atoms with E-state index in [-0.39, 0.29) is 30.0 Å². The Kier molecular flexibility index (Phi) is 12.0. The van der Waals surface area contributed by atoms with Crippen LogP contribution >= 0.6 is 0 Å². The topological polar surface area (TPSA) is 0 Å². The van der Waals surface area contributed by atoms with Gasteiger partial charge >= 0.3 is 47.6 Å². The Labute approximate surface area is 272 Å². The average molecular weight is 745 g/mol. The van der Waals surface area contributed by atoms with Gasteiger partial charge in [-0.2, -0.15) is 74.6 Å². The summed E-state index contributed by atoms with van der Waals surface area (Å²) in [6.07, 6.45) is 5.14. The lowest BCUT2D eigenvalue weighted by Crippen LogP contribution is -2.74. The molecule has 0 bridgehead atoms. The first-order valence-corrected chi connectivity index (χ1v) is 16.0. The number of hydrogen-bond donors (Lipinski definition) is 0. The van der Waals surface area contributed by atoms with Crippen LogP contribution < -0.4 is 0 Å². The van der Waals surface area contributed by atoms with E-state index in [1.165, 1.54) is 44.9 Å². The summed E-state index contributed by atoms with van der Waals surface area (Å²) < 4.78 is 231. The summed E-state index contributed by atoms with van der Waals surface area (Å²) >= 11 is 0. The Bertz CT molecular complexity index is 1200. The average Bonchev–Trinajstić information content (AvgIpc) is 3.02. The van der Waals surface area contributed by atoms with Crippen LogP contribution in [-0.4, -0.2) is 41.7 Å². The molecule has 0 spiro atoms. The van der Waals surface area contributed by atoms with E-state index in [1.807, 2.05) is 0 Å². The summed E-state index contributed by atoms with van der Waals surface area (Å²) in [4.78, 5) is 0. The summed E-state index contributed by atoms with van der Waals surface area (Å²) in [6, 6.07) is 1.64. The Morgan fingerprint density at radius 3 is 1.22 bits per heavy atom. The zero-order chi connectivity index (χ0) is 37.5. The third-order valence-corrected chi connectivity index (χ3v) is 10.3. The first-order chi connectivity index (χ1) is 22.2. The van der Waals surface area contributed by atoms with E-state index in [4.69, 9.17) is 0 Å². The monoisotopic (exact) mass is 744 g/mol. The third kappa shape index (κ3) is 7.37. The van der Waals surface area contributed by atoms with Crippen molar-refractivity contribution < 1.29 is 74.6 Å². The molecule has 0 aromatic heterocycles. The molecule has 49 heavy (non-hydrogen) atoms. The lowest BCUT2D eigenvalue weighted by atomic mass is 9.68. The maximum absolute atomic E-state index is 14.6. The van der Waals surface area contributed by atoms with Crippen molar-refractivity contribution in [3.05, 3.63) is 35.4 Å². The maximum atomic E-state index is 14.6. The quantitative estimate of drug-likeness (QED) is 0.166. The van der Waals surface area contributed by atoms with Crippen molar-refractivity contribution in [2.24, 2.45) is 23.7 Å². The summed E-state index contributed by atoms with van der Waals surface area (Å²) in [5.41, 5.74) is -1.95. The van der Waals surface area contributed by atoms with Gasteiger partial charge in [0, 0.05) is 5.56 Å². The van der Waals surface area contributed by atoms with E-state index in [2.05, 4.69) is 6.92 Å². The molecule has 284 valence electrons. The van der Waals surface area contributed by atoms with E-state index in [0.29, 0.717) is 18.3 Å². The van der Waals surface area contributed by atoms with Gasteiger partial charge in [-0.3, -0.25) is 0 Å². The fraction of sp³-hybridized carbons (Fsp3) is 0.812. The number of unbranched alkanes of at least 4 members (excludes halogenated alkanes) is 1. The van der Waals surface area contributed by atoms with E-state index in [9.17, 15) is 74.6 Å². The van der Waals surface area contributed by atoms with Gasteiger partial charge in [-0.05, 0) is 67.8 Å². The first-order valence-electron chi connectivity index (χ1n) is 16.0. The van der Waals surface area contributed by atoms with Gasteiger partial charge in [0.15, 0.2) is 0 Å². The highest BCUT2D eigenvalue weighted by atomic mass is 19.4. The molecular weight excluding hydrogens is 707 g/mol. The van der Waals surface area contributed by atoms with Crippen molar-refractivity contribution in [2.45, 2.75) is 138 Å². The van der Waals surface area contributed by atoms with Crippen LogP contribution in [-0.2, 0) is 12.3 Å². The highest BCUT2D eigenvalue weighted by molar-refractivity contribution is 5.30. The highest BCUT2D eigenvalue weighted by Crippen LogP contribution is 2.65. The zero-order valence-corrected chi connectivity index (χ0v) is 26.2. The van der Waals surface area contributed by atoms with Crippen molar-refractivity contribution in [3.63, 3.8) is 0 Å².